The number of carbonyl (C=O) groups is 3. The molecule has 0 saturated heterocycles. The first-order chi connectivity index (χ1) is 9.47. The smallest absolute Gasteiger partial charge is 0.299 e. The number of halogens is 2. The monoisotopic (exact) mass is 314 g/mol. The molecular formula is C13H12Cl2N2O3. The zero-order valence-corrected chi connectivity index (χ0v) is 12.2. The number of nitrogens with one attached hydrogen (secondary N) is 1. The molecule has 7 heteroatoms. The van der Waals surface area contributed by atoms with E-state index in [1.165, 1.54) is 17.0 Å². The van der Waals surface area contributed by atoms with Crippen molar-refractivity contribution < 1.29 is 14.4 Å². The summed E-state index contributed by atoms with van der Waals surface area (Å²) in [6, 6.07) is 2.99. The third kappa shape index (κ3) is 2.51. The molecule has 1 aliphatic heterocycles. The summed E-state index contributed by atoms with van der Waals surface area (Å²) in [5, 5.41) is 3.07. The first kappa shape index (κ1) is 14.8. The number of hydrogen-bond donors (Lipinski definition) is 1. The number of benzene rings is 1. The van der Waals surface area contributed by atoms with Crippen LogP contribution in [0.3, 0.4) is 0 Å². The zero-order chi connectivity index (χ0) is 14.9. The summed E-state index contributed by atoms with van der Waals surface area (Å²) in [4.78, 5) is 36.5. The van der Waals surface area contributed by atoms with Gasteiger partial charge in [-0.1, -0.05) is 23.2 Å². The highest BCUT2D eigenvalue weighted by atomic mass is 35.5. The molecule has 1 N–H and O–H groups in total. The van der Waals surface area contributed by atoms with Crippen LogP contribution >= 0.6 is 23.2 Å². The molecule has 0 unspecified atom stereocenters. The Kier molecular flexibility index (Phi) is 4.30. The van der Waals surface area contributed by atoms with E-state index >= 15 is 0 Å². The number of fused-ring (bicyclic) bond motifs is 1. The molecule has 1 heterocycles. The Labute approximate surface area is 125 Å². The van der Waals surface area contributed by atoms with Crippen molar-refractivity contribution >= 4 is 46.5 Å². The van der Waals surface area contributed by atoms with E-state index in [1.54, 1.807) is 6.92 Å². The summed E-state index contributed by atoms with van der Waals surface area (Å²) in [6.45, 7) is 2.40. The summed E-state index contributed by atoms with van der Waals surface area (Å²) >= 11 is 12.0. The lowest BCUT2D eigenvalue weighted by Crippen LogP contribution is -2.34. The van der Waals surface area contributed by atoms with E-state index in [-0.39, 0.29) is 34.5 Å². The normalized spacial score (nSPS) is 13.7. The number of carbonyl (C=O) groups excluding carboxylic acids is 3. The summed E-state index contributed by atoms with van der Waals surface area (Å²) in [7, 11) is 0. The van der Waals surface area contributed by atoms with Crippen LogP contribution in [-0.4, -0.2) is 30.7 Å². The number of ketones is 1. The number of Topliss-reactive ketones (excluding diaryl/α,β-unsaturated/α-hetero) is 1. The molecule has 1 aromatic carbocycles. The van der Waals surface area contributed by atoms with Gasteiger partial charge in [0.1, 0.15) is 0 Å². The van der Waals surface area contributed by atoms with Gasteiger partial charge < -0.3 is 10.2 Å². The first-order valence-electron chi connectivity index (χ1n) is 6.08. The van der Waals surface area contributed by atoms with E-state index in [1.807, 2.05) is 0 Å². The number of rotatable bonds is 4. The molecule has 0 aliphatic carbocycles. The number of hydrogen-bond acceptors (Lipinski definition) is 3. The minimum Gasteiger partial charge on any atom is -0.356 e. The van der Waals surface area contributed by atoms with Crippen LogP contribution < -0.4 is 10.2 Å². The van der Waals surface area contributed by atoms with E-state index in [0.717, 1.165) is 0 Å². The lowest BCUT2D eigenvalue weighted by molar-refractivity contribution is -0.120. The summed E-state index contributed by atoms with van der Waals surface area (Å²) < 4.78 is 0. The van der Waals surface area contributed by atoms with Crippen molar-refractivity contribution in [2.45, 2.75) is 13.3 Å². The summed E-state index contributed by atoms with van der Waals surface area (Å²) in [5.41, 5.74) is 0.401. The third-order valence-electron chi connectivity index (χ3n) is 2.95. The molecule has 0 radical (unpaired) electrons. The molecule has 0 bridgehead atoms. The van der Waals surface area contributed by atoms with Gasteiger partial charge in [0.2, 0.25) is 5.91 Å². The number of nitrogens with zero attached hydrogens (tertiary/aromatic N) is 1. The fourth-order valence-electron chi connectivity index (χ4n) is 2.06. The molecule has 0 atom stereocenters. The van der Waals surface area contributed by atoms with Gasteiger partial charge in [-0.15, -0.1) is 0 Å². The second kappa shape index (κ2) is 5.81. The number of amides is 2. The van der Waals surface area contributed by atoms with Crippen LogP contribution in [0.5, 0.6) is 0 Å². The molecule has 0 saturated carbocycles. The largest absolute Gasteiger partial charge is 0.356 e. The average Bonchev–Trinajstić information content (AvgIpc) is 2.66. The molecule has 0 fully saturated rings. The fourth-order valence-corrected chi connectivity index (χ4v) is 2.56. The highest BCUT2D eigenvalue weighted by molar-refractivity contribution is 6.57. The van der Waals surface area contributed by atoms with Crippen molar-refractivity contribution in [1.29, 1.82) is 0 Å². The van der Waals surface area contributed by atoms with Gasteiger partial charge in [0.05, 0.1) is 21.3 Å². The Bertz CT molecular complexity index is 602. The second-order valence-corrected chi connectivity index (χ2v) is 5.06. The maximum atomic E-state index is 12.0. The maximum Gasteiger partial charge on any atom is 0.299 e. The highest BCUT2D eigenvalue weighted by Gasteiger charge is 2.39. The Hall–Kier alpha value is -1.59. The fraction of sp³-hybridized carbons (Fsp3) is 0.308. The lowest BCUT2D eigenvalue weighted by Gasteiger charge is -2.17. The predicted octanol–water partition coefficient (Wildman–Crippen LogP) is 2.05. The van der Waals surface area contributed by atoms with Crippen molar-refractivity contribution in [3.63, 3.8) is 0 Å². The standard InChI is InChI=1S/C13H12Cl2N2O3/c1-2-16-9(18)5-6-17-11-8(15)4-3-7(14)10(11)12(19)13(17)20/h3-4H,2,5-6H2,1H3,(H,16,18). The molecule has 2 rings (SSSR count). The van der Waals surface area contributed by atoms with E-state index in [4.69, 9.17) is 23.2 Å². The van der Waals surface area contributed by atoms with E-state index < -0.39 is 11.7 Å². The van der Waals surface area contributed by atoms with Gasteiger partial charge in [-0.2, -0.15) is 0 Å². The van der Waals surface area contributed by atoms with E-state index in [2.05, 4.69) is 5.32 Å². The highest BCUT2D eigenvalue weighted by Crippen LogP contribution is 2.39. The molecule has 2 amide bonds. The van der Waals surface area contributed by atoms with Crippen molar-refractivity contribution in [2.24, 2.45) is 0 Å². The predicted molar refractivity (Wildman–Crippen MR) is 76.4 cm³/mol. The van der Waals surface area contributed by atoms with Crippen molar-refractivity contribution in [3.05, 3.63) is 27.7 Å². The molecule has 1 aromatic rings. The Balaban J connectivity index is 2.29. The summed E-state index contributed by atoms with van der Waals surface area (Å²) in [5.74, 6) is -1.60. The van der Waals surface area contributed by atoms with Crippen molar-refractivity contribution in [2.75, 3.05) is 18.0 Å². The summed E-state index contributed by atoms with van der Waals surface area (Å²) in [6.07, 6.45) is 0.0924. The van der Waals surface area contributed by atoms with E-state index in [9.17, 15) is 14.4 Å². The lowest BCUT2D eigenvalue weighted by atomic mass is 10.1. The topological polar surface area (TPSA) is 66.5 Å². The van der Waals surface area contributed by atoms with Crippen molar-refractivity contribution in [1.82, 2.24) is 5.32 Å². The molecule has 0 aromatic heterocycles. The van der Waals surface area contributed by atoms with Crippen LogP contribution in [0.4, 0.5) is 5.69 Å². The van der Waals surface area contributed by atoms with E-state index in [0.29, 0.717) is 12.2 Å². The van der Waals surface area contributed by atoms with Gasteiger partial charge in [-0.05, 0) is 19.1 Å². The second-order valence-electron chi connectivity index (χ2n) is 4.24. The van der Waals surface area contributed by atoms with Crippen LogP contribution in [0.15, 0.2) is 12.1 Å². The van der Waals surface area contributed by atoms with Crippen LogP contribution in [0.1, 0.15) is 23.7 Å². The molecular weight excluding hydrogens is 303 g/mol. The van der Waals surface area contributed by atoms with Crippen molar-refractivity contribution in [3.8, 4) is 0 Å². The SMILES string of the molecule is CCNC(=O)CCN1C(=O)C(=O)c2c(Cl)ccc(Cl)c21. The van der Waals surface area contributed by atoms with Gasteiger partial charge in [-0.3, -0.25) is 14.4 Å². The molecule has 106 valence electrons. The zero-order valence-electron chi connectivity index (χ0n) is 10.7. The number of anilines is 1. The van der Waals surface area contributed by atoms with Gasteiger partial charge in [-0.25, -0.2) is 0 Å². The Morgan fingerprint density at radius 2 is 1.90 bits per heavy atom. The van der Waals surface area contributed by atoms with Crippen LogP contribution in [0.2, 0.25) is 10.0 Å². The quantitative estimate of drug-likeness (QED) is 0.865. The van der Waals surface area contributed by atoms with Crippen LogP contribution in [0.25, 0.3) is 0 Å². The minimum absolute atomic E-state index is 0.0868. The third-order valence-corrected chi connectivity index (χ3v) is 3.57. The average molecular weight is 315 g/mol. The molecule has 5 nitrogen and oxygen atoms in total. The Morgan fingerprint density at radius 1 is 1.25 bits per heavy atom. The molecule has 20 heavy (non-hydrogen) atoms. The van der Waals surface area contributed by atoms with Gasteiger partial charge in [0.15, 0.2) is 0 Å². The first-order valence-corrected chi connectivity index (χ1v) is 6.83. The van der Waals surface area contributed by atoms with Gasteiger partial charge in [0, 0.05) is 19.5 Å². The Morgan fingerprint density at radius 3 is 2.55 bits per heavy atom. The minimum atomic E-state index is -0.709. The maximum absolute atomic E-state index is 12.0. The van der Waals surface area contributed by atoms with Gasteiger partial charge >= 0.3 is 0 Å². The van der Waals surface area contributed by atoms with Crippen LogP contribution in [-0.2, 0) is 9.59 Å². The molecule has 0 spiro atoms. The van der Waals surface area contributed by atoms with Gasteiger partial charge in [0.25, 0.3) is 11.7 Å². The molecule has 1 aliphatic rings. The van der Waals surface area contributed by atoms with Crippen LogP contribution in [0, 0.1) is 0 Å².